The molecule has 0 radical (unpaired) electrons. The molecule has 0 aromatic carbocycles. The first-order valence-electron chi connectivity index (χ1n) is 22.9. The standard InChI is InChI=1S/C48H82NO11P/c1-8-10-12-13-14-15-16-17-18-19-22-26-30-43(50)44(51)31-29-35-48(53)59-42(39-58-61(54,55)57-37-36-49(5,6)7)38-56-47(52)34-28-24-21-20-23-27-33-46-41(4)40(3)45(60-46)32-25-11-9-2/h10,12,14-15,17-18,22,26,42-44,50-51H,8-9,11,13,16,19-21,23-25,27-39H2,1-7H3/p+1/b12-10-,15-14-,18-17-,26-22-/t42-,43-,44-/m1/s1. The lowest BCUT2D eigenvalue weighted by molar-refractivity contribution is -0.870. The van der Waals surface area contributed by atoms with Gasteiger partial charge in [0.05, 0.1) is 40.0 Å². The molecule has 13 heteroatoms. The zero-order valence-corrected chi connectivity index (χ0v) is 39.7. The van der Waals surface area contributed by atoms with E-state index in [1.165, 1.54) is 24.0 Å². The molecule has 0 bridgehead atoms. The number of quaternary nitrogens is 1. The molecule has 0 saturated heterocycles. The minimum absolute atomic E-state index is 0.0312. The summed E-state index contributed by atoms with van der Waals surface area (Å²) in [4.78, 5) is 35.6. The Bertz CT molecular complexity index is 1490. The van der Waals surface area contributed by atoms with Gasteiger partial charge in [0.15, 0.2) is 6.10 Å². The highest BCUT2D eigenvalue weighted by molar-refractivity contribution is 7.47. The number of hydrogen-bond acceptors (Lipinski definition) is 10. The second kappa shape index (κ2) is 33.7. The maximum atomic E-state index is 12.8. The molecule has 1 aromatic rings. The molecule has 350 valence electrons. The van der Waals surface area contributed by atoms with Gasteiger partial charge < -0.3 is 33.5 Å². The number of aliphatic hydroxyl groups excluding tert-OH is 2. The van der Waals surface area contributed by atoms with Gasteiger partial charge in [-0.1, -0.05) is 101 Å². The van der Waals surface area contributed by atoms with E-state index in [9.17, 15) is 29.3 Å². The van der Waals surface area contributed by atoms with Gasteiger partial charge in [-0.2, -0.15) is 0 Å². The molecule has 0 spiro atoms. The van der Waals surface area contributed by atoms with Gasteiger partial charge in [0.1, 0.15) is 31.3 Å². The SMILES string of the molecule is CC/C=C\C/C=C\C/C=C\C/C=C\C[C@@H](O)[C@H](O)CCCC(=O)O[C@H](COC(=O)CCCCCCCCc1oc(CCCCC)c(C)c1C)COP(=O)(O)OCC[N+](C)(C)C. The molecule has 0 aliphatic rings. The van der Waals surface area contributed by atoms with Crippen molar-refractivity contribution in [2.45, 2.75) is 174 Å². The van der Waals surface area contributed by atoms with E-state index in [2.05, 4.69) is 58.1 Å². The van der Waals surface area contributed by atoms with Gasteiger partial charge in [0, 0.05) is 25.7 Å². The van der Waals surface area contributed by atoms with E-state index in [4.69, 9.17) is 22.9 Å². The van der Waals surface area contributed by atoms with Crippen molar-refractivity contribution in [2.75, 3.05) is 47.5 Å². The van der Waals surface area contributed by atoms with Crippen LogP contribution in [0.5, 0.6) is 0 Å². The molecule has 4 atom stereocenters. The second-order valence-electron chi connectivity index (χ2n) is 16.9. The van der Waals surface area contributed by atoms with Crippen molar-refractivity contribution in [3.8, 4) is 0 Å². The van der Waals surface area contributed by atoms with Crippen molar-refractivity contribution in [3.63, 3.8) is 0 Å². The van der Waals surface area contributed by atoms with Crippen LogP contribution in [0.2, 0.25) is 0 Å². The van der Waals surface area contributed by atoms with Crippen LogP contribution in [0, 0.1) is 13.8 Å². The molecule has 12 nitrogen and oxygen atoms in total. The Morgan fingerprint density at radius 1 is 0.689 bits per heavy atom. The number of carbonyl (C=O) groups is 2. The maximum absolute atomic E-state index is 12.8. The zero-order chi connectivity index (χ0) is 45.4. The lowest BCUT2D eigenvalue weighted by Crippen LogP contribution is -2.37. The first-order chi connectivity index (χ1) is 29.1. The van der Waals surface area contributed by atoms with E-state index in [0.717, 1.165) is 88.6 Å². The fourth-order valence-electron chi connectivity index (χ4n) is 6.28. The number of likely N-dealkylation sites (N-methyl/N-ethyl adjacent to an activating group) is 1. The lowest BCUT2D eigenvalue weighted by atomic mass is 10.0. The van der Waals surface area contributed by atoms with Crippen LogP contribution in [0.1, 0.15) is 152 Å². The average molecular weight is 881 g/mol. The Labute approximate surface area is 368 Å². The number of ether oxygens (including phenoxy) is 2. The van der Waals surface area contributed by atoms with Gasteiger partial charge in [-0.15, -0.1) is 0 Å². The molecule has 0 aliphatic carbocycles. The molecule has 0 aliphatic heterocycles. The summed E-state index contributed by atoms with van der Waals surface area (Å²) in [5.41, 5.74) is 2.57. The largest absolute Gasteiger partial charge is 0.472 e. The highest BCUT2D eigenvalue weighted by Crippen LogP contribution is 2.43. The lowest BCUT2D eigenvalue weighted by Gasteiger charge is -2.24. The third kappa shape index (κ3) is 30.0. The van der Waals surface area contributed by atoms with E-state index in [-0.39, 0.29) is 45.3 Å². The van der Waals surface area contributed by atoms with Gasteiger partial charge in [-0.3, -0.25) is 18.6 Å². The Balaban J connectivity index is 2.49. The molecule has 1 heterocycles. The van der Waals surface area contributed by atoms with E-state index >= 15 is 0 Å². The van der Waals surface area contributed by atoms with Crippen LogP contribution in [-0.4, -0.2) is 97.3 Å². The molecule has 1 aromatic heterocycles. The van der Waals surface area contributed by atoms with Gasteiger partial charge in [0.2, 0.25) is 0 Å². The summed E-state index contributed by atoms with van der Waals surface area (Å²) in [6.45, 7) is 8.18. The molecule has 1 rings (SSSR count). The molecule has 3 N–H and O–H groups in total. The topological polar surface area (TPSA) is 162 Å². The number of furan rings is 1. The van der Waals surface area contributed by atoms with Crippen LogP contribution < -0.4 is 0 Å². The maximum Gasteiger partial charge on any atom is 0.472 e. The van der Waals surface area contributed by atoms with Crippen molar-refractivity contribution < 1.29 is 56.7 Å². The number of esters is 2. The molecular weight excluding hydrogens is 797 g/mol. The number of aryl methyl sites for hydroxylation is 2. The Kier molecular flexibility index (Phi) is 31.0. The zero-order valence-electron chi connectivity index (χ0n) is 38.8. The summed E-state index contributed by atoms with van der Waals surface area (Å²) >= 11 is 0. The predicted octanol–water partition coefficient (Wildman–Crippen LogP) is 10.3. The fourth-order valence-corrected chi connectivity index (χ4v) is 7.02. The highest BCUT2D eigenvalue weighted by Gasteiger charge is 2.27. The van der Waals surface area contributed by atoms with Gasteiger partial charge >= 0.3 is 19.8 Å². The van der Waals surface area contributed by atoms with Crippen LogP contribution in [0.25, 0.3) is 0 Å². The Hall–Kier alpha value is -2.83. The van der Waals surface area contributed by atoms with E-state index < -0.39 is 44.7 Å². The summed E-state index contributed by atoms with van der Waals surface area (Å²) in [6.07, 6.45) is 28.9. The van der Waals surface area contributed by atoms with Gasteiger partial charge in [0.25, 0.3) is 0 Å². The minimum Gasteiger partial charge on any atom is -0.466 e. The molecule has 61 heavy (non-hydrogen) atoms. The fraction of sp³-hybridized carbons (Fsp3) is 0.708. The normalized spacial score (nSPS) is 15.0. The number of phosphoric ester groups is 1. The average Bonchev–Trinajstić information content (AvgIpc) is 3.47. The smallest absolute Gasteiger partial charge is 0.466 e. The second-order valence-corrected chi connectivity index (χ2v) is 18.4. The van der Waals surface area contributed by atoms with E-state index in [1.807, 2.05) is 39.4 Å². The first-order valence-corrected chi connectivity index (χ1v) is 24.4. The molecule has 0 saturated carbocycles. The molecule has 0 fully saturated rings. The van der Waals surface area contributed by atoms with Gasteiger partial charge in [-0.25, -0.2) is 4.57 Å². The third-order valence-corrected chi connectivity index (χ3v) is 11.3. The molecule has 0 amide bonds. The summed E-state index contributed by atoms with van der Waals surface area (Å²) < 4.78 is 40.4. The Morgan fingerprint density at radius 3 is 1.82 bits per heavy atom. The van der Waals surface area contributed by atoms with Crippen LogP contribution in [0.4, 0.5) is 0 Å². The summed E-state index contributed by atoms with van der Waals surface area (Å²) in [5, 5.41) is 20.8. The van der Waals surface area contributed by atoms with Gasteiger partial charge in [-0.05, 0) is 89.2 Å². The quantitative estimate of drug-likeness (QED) is 0.0192. The monoisotopic (exact) mass is 881 g/mol. The number of aliphatic hydroxyl groups is 2. The number of hydrogen-bond donors (Lipinski definition) is 3. The summed E-state index contributed by atoms with van der Waals surface area (Å²) in [5.74, 6) is 1.12. The van der Waals surface area contributed by atoms with Crippen molar-refractivity contribution in [1.29, 1.82) is 0 Å². The van der Waals surface area contributed by atoms with E-state index in [0.29, 0.717) is 17.4 Å². The first kappa shape index (κ1) is 56.2. The Morgan fingerprint density at radius 2 is 1.23 bits per heavy atom. The van der Waals surface area contributed by atoms with Crippen LogP contribution in [0.3, 0.4) is 0 Å². The number of nitrogens with zero attached hydrogens (tertiary/aromatic N) is 1. The van der Waals surface area contributed by atoms with Crippen molar-refractivity contribution in [1.82, 2.24) is 0 Å². The molecule has 1 unspecified atom stereocenters. The van der Waals surface area contributed by atoms with E-state index in [1.54, 1.807) is 0 Å². The minimum atomic E-state index is -4.48. The van der Waals surface area contributed by atoms with Crippen LogP contribution in [-0.2, 0) is 45.5 Å². The highest BCUT2D eigenvalue weighted by atomic mass is 31.2. The number of unbranched alkanes of at least 4 members (excludes halogenated alkanes) is 7. The van der Waals surface area contributed by atoms with Crippen molar-refractivity contribution in [2.24, 2.45) is 0 Å². The predicted molar refractivity (Wildman–Crippen MR) is 244 cm³/mol. The summed E-state index contributed by atoms with van der Waals surface area (Å²) in [7, 11) is 1.26. The summed E-state index contributed by atoms with van der Waals surface area (Å²) in [6, 6.07) is 0. The number of phosphoric acid groups is 1. The van der Waals surface area contributed by atoms with Crippen molar-refractivity contribution in [3.05, 3.63) is 71.3 Å². The van der Waals surface area contributed by atoms with Crippen molar-refractivity contribution >= 4 is 19.8 Å². The number of rotatable bonds is 37. The number of allylic oxidation sites excluding steroid dienone is 7. The number of carbonyl (C=O) groups excluding carboxylic acids is 2. The molecular formula is C48H83NO11P+. The van der Waals surface area contributed by atoms with Crippen LogP contribution in [0.15, 0.2) is 53.0 Å². The third-order valence-electron chi connectivity index (χ3n) is 10.3. The van der Waals surface area contributed by atoms with Crippen LogP contribution >= 0.6 is 7.82 Å².